The van der Waals surface area contributed by atoms with E-state index < -0.39 is 17.7 Å². The van der Waals surface area contributed by atoms with E-state index in [1.807, 2.05) is 6.07 Å². The van der Waals surface area contributed by atoms with Gasteiger partial charge in [0, 0.05) is 49.3 Å². The van der Waals surface area contributed by atoms with Crippen LogP contribution < -0.4 is 20.9 Å². The number of likely N-dealkylation sites (N-methyl/N-ethyl adjacent to an activating group) is 1. The molecule has 7 nitrogen and oxygen atoms in total. The van der Waals surface area contributed by atoms with Crippen LogP contribution in [0.25, 0.3) is 0 Å². The maximum absolute atomic E-state index is 13.4. The fourth-order valence-corrected chi connectivity index (χ4v) is 3.86. The second-order valence-electron chi connectivity index (χ2n) is 7.92. The number of halogens is 2. The zero-order chi connectivity index (χ0) is 23.8. The minimum absolute atomic E-state index is 0.120. The number of rotatable bonds is 9. The Bertz CT molecular complexity index is 975. The molecule has 0 saturated carbocycles. The Hall–Kier alpha value is -3.20. The fourth-order valence-electron chi connectivity index (χ4n) is 3.86. The molecule has 2 aromatic rings. The summed E-state index contributed by atoms with van der Waals surface area (Å²) in [5.74, 6) is -2.24. The summed E-state index contributed by atoms with van der Waals surface area (Å²) in [5.41, 5.74) is 1.86. The zero-order valence-corrected chi connectivity index (χ0v) is 19.1. The van der Waals surface area contributed by atoms with Crippen molar-refractivity contribution < 1.29 is 18.4 Å². The Morgan fingerprint density at radius 3 is 2.21 bits per heavy atom. The number of anilines is 3. The number of carbonyl (C=O) groups is 2. The monoisotopic (exact) mass is 459 g/mol. The van der Waals surface area contributed by atoms with Gasteiger partial charge in [-0.05, 0) is 56.3 Å². The minimum Gasteiger partial charge on any atom is -0.371 e. The van der Waals surface area contributed by atoms with Crippen LogP contribution in [0.5, 0.6) is 0 Å². The molecule has 1 heterocycles. The SMILES string of the molecule is CCN(CC)CCNC(=O)c1cc(NC(=O)Nc2ccc(F)c(F)c2)ccc1N1CCCC1. The van der Waals surface area contributed by atoms with Crippen LogP contribution in [0.15, 0.2) is 36.4 Å². The normalized spacial score (nSPS) is 13.3. The lowest BCUT2D eigenvalue weighted by atomic mass is 10.1. The molecule has 1 fully saturated rings. The molecule has 0 radical (unpaired) electrons. The lowest BCUT2D eigenvalue weighted by molar-refractivity contribution is 0.0949. The number of hydrogen-bond donors (Lipinski definition) is 3. The summed E-state index contributed by atoms with van der Waals surface area (Å²) >= 11 is 0. The molecule has 178 valence electrons. The van der Waals surface area contributed by atoms with Crippen LogP contribution in [0.3, 0.4) is 0 Å². The number of hydrogen-bond acceptors (Lipinski definition) is 4. The van der Waals surface area contributed by atoms with E-state index in [9.17, 15) is 18.4 Å². The molecule has 3 rings (SSSR count). The van der Waals surface area contributed by atoms with Gasteiger partial charge in [-0.3, -0.25) is 4.79 Å². The Morgan fingerprint density at radius 1 is 0.939 bits per heavy atom. The van der Waals surface area contributed by atoms with Crippen molar-refractivity contribution in [1.29, 1.82) is 0 Å². The van der Waals surface area contributed by atoms with E-state index in [-0.39, 0.29) is 11.6 Å². The third kappa shape index (κ3) is 6.64. The van der Waals surface area contributed by atoms with Gasteiger partial charge in [0.2, 0.25) is 0 Å². The quantitative estimate of drug-likeness (QED) is 0.523. The van der Waals surface area contributed by atoms with Crippen LogP contribution in [-0.4, -0.2) is 56.1 Å². The number of carbonyl (C=O) groups excluding carboxylic acids is 2. The van der Waals surface area contributed by atoms with Gasteiger partial charge in [0.15, 0.2) is 11.6 Å². The molecule has 33 heavy (non-hydrogen) atoms. The summed E-state index contributed by atoms with van der Waals surface area (Å²) in [7, 11) is 0. The van der Waals surface area contributed by atoms with Gasteiger partial charge in [0.25, 0.3) is 5.91 Å². The summed E-state index contributed by atoms with van der Waals surface area (Å²) in [6.45, 7) is 9.02. The highest BCUT2D eigenvalue weighted by Crippen LogP contribution is 2.28. The van der Waals surface area contributed by atoms with Crippen molar-refractivity contribution in [3.05, 3.63) is 53.6 Å². The zero-order valence-electron chi connectivity index (χ0n) is 19.1. The molecule has 1 saturated heterocycles. The van der Waals surface area contributed by atoms with Crippen molar-refractivity contribution in [3.63, 3.8) is 0 Å². The number of amides is 3. The van der Waals surface area contributed by atoms with Gasteiger partial charge in [-0.25, -0.2) is 13.6 Å². The molecule has 3 amide bonds. The van der Waals surface area contributed by atoms with E-state index in [0.29, 0.717) is 17.8 Å². The molecule has 0 bridgehead atoms. The van der Waals surface area contributed by atoms with Gasteiger partial charge in [-0.15, -0.1) is 0 Å². The molecule has 0 unspecified atom stereocenters. The standard InChI is InChI=1S/C24H31F2N5O2/c1-3-30(4-2)14-11-27-23(32)19-15-17(8-10-22(19)31-12-5-6-13-31)28-24(33)29-18-7-9-20(25)21(26)16-18/h7-10,15-16H,3-6,11-14H2,1-2H3,(H,27,32)(H2,28,29,33). The molecule has 0 aromatic heterocycles. The second-order valence-corrected chi connectivity index (χ2v) is 7.92. The Morgan fingerprint density at radius 2 is 1.58 bits per heavy atom. The second kappa shape index (κ2) is 11.6. The van der Waals surface area contributed by atoms with Gasteiger partial charge in [0.1, 0.15) is 0 Å². The van der Waals surface area contributed by atoms with E-state index in [1.54, 1.807) is 12.1 Å². The fraction of sp³-hybridized carbons (Fsp3) is 0.417. The van der Waals surface area contributed by atoms with Gasteiger partial charge in [-0.1, -0.05) is 13.8 Å². The third-order valence-corrected chi connectivity index (χ3v) is 5.73. The Kier molecular flexibility index (Phi) is 8.59. The average molecular weight is 460 g/mol. The highest BCUT2D eigenvalue weighted by atomic mass is 19.2. The summed E-state index contributed by atoms with van der Waals surface area (Å²) in [6, 6.07) is 7.69. The van der Waals surface area contributed by atoms with Crippen LogP contribution in [0.1, 0.15) is 37.0 Å². The molecule has 3 N–H and O–H groups in total. The molecule has 1 aliphatic heterocycles. The van der Waals surface area contributed by atoms with Crippen molar-refractivity contribution in [1.82, 2.24) is 10.2 Å². The lowest BCUT2D eigenvalue weighted by Crippen LogP contribution is -2.35. The lowest BCUT2D eigenvalue weighted by Gasteiger charge is -2.23. The van der Waals surface area contributed by atoms with Gasteiger partial charge in [-0.2, -0.15) is 0 Å². The Labute approximate surface area is 193 Å². The van der Waals surface area contributed by atoms with E-state index in [0.717, 1.165) is 63.4 Å². The van der Waals surface area contributed by atoms with Crippen LogP contribution in [0.2, 0.25) is 0 Å². The Balaban J connectivity index is 1.72. The molecule has 0 atom stereocenters. The molecular formula is C24H31F2N5O2. The van der Waals surface area contributed by atoms with Crippen molar-refractivity contribution in [2.45, 2.75) is 26.7 Å². The smallest absolute Gasteiger partial charge is 0.323 e. The van der Waals surface area contributed by atoms with Crippen LogP contribution in [0.4, 0.5) is 30.6 Å². The van der Waals surface area contributed by atoms with E-state index >= 15 is 0 Å². The first-order valence-corrected chi connectivity index (χ1v) is 11.3. The molecule has 0 aliphatic carbocycles. The predicted octanol–water partition coefficient (Wildman–Crippen LogP) is 4.28. The number of nitrogens with zero attached hydrogens (tertiary/aromatic N) is 2. The molecule has 2 aromatic carbocycles. The maximum Gasteiger partial charge on any atom is 0.323 e. The number of benzene rings is 2. The summed E-state index contributed by atoms with van der Waals surface area (Å²) < 4.78 is 26.5. The van der Waals surface area contributed by atoms with Crippen molar-refractivity contribution in [2.75, 3.05) is 54.8 Å². The van der Waals surface area contributed by atoms with Gasteiger partial charge < -0.3 is 25.8 Å². The van der Waals surface area contributed by atoms with E-state index in [2.05, 4.69) is 39.6 Å². The molecule has 9 heteroatoms. The first-order valence-electron chi connectivity index (χ1n) is 11.3. The van der Waals surface area contributed by atoms with E-state index in [4.69, 9.17) is 0 Å². The molecular weight excluding hydrogens is 428 g/mol. The highest BCUT2D eigenvalue weighted by molar-refractivity contribution is 6.04. The molecule has 0 spiro atoms. The van der Waals surface area contributed by atoms with Crippen LogP contribution in [-0.2, 0) is 0 Å². The van der Waals surface area contributed by atoms with E-state index in [1.165, 1.54) is 6.07 Å². The first-order chi connectivity index (χ1) is 15.9. The largest absolute Gasteiger partial charge is 0.371 e. The van der Waals surface area contributed by atoms with Crippen LogP contribution in [0, 0.1) is 11.6 Å². The minimum atomic E-state index is -1.05. The maximum atomic E-state index is 13.4. The predicted molar refractivity (Wildman–Crippen MR) is 127 cm³/mol. The average Bonchev–Trinajstić information content (AvgIpc) is 3.34. The summed E-state index contributed by atoms with van der Waals surface area (Å²) in [4.78, 5) is 29.8. The third-order valence-electron chi connectivity index (χ3n) is 5.73. The van der Waals surface area contributed by atoms with Crippen molar-refractivity contribution in [2.24, 2.45) is 0 Å². The number of nitrogens with one attached hydrogen (secondary N) is 3. The molecule has 1 aliphatic rings. The highest BCUT2D eigenvalue weighted by Gasteiger charge is 2.20. The summed E-state index contributed by atoms with van der Waals surface area (Å²) in [5, 5.41) is 8.10. The van der Waals surface area contributed by atoms with Crippen molar-refractivity contribution >= 4 is 29.0 Å². The van der Waals surface area contributed by atoms with Crippen LogP contribution >= 0.6 is 0 Å². The first kappa shape index (κ1) is 24.4. The summed E-state index contributed by atoms with van der Waals surface area (Å²) in [6.07, 6.45) is 2.14. The van der Waals surface area contributed by atoms with Gasteiger partial charge in [0.05, 0.1) is 5.56 Å². The van der Waals surface area contributed by atoms with Crippen molar-refractivity contribution in [3.8, 4) is 0 Å². The van der Waals surface area contributed by atoms with Gasteiger partial charge >= 0.3 is 6.03 Å². The number of urea groups is 1. The topological polar surface area (TPSA) is 76.7 Å².